The lowest BCUT2D eigenvalue weighted by Gasteiger charge is -2.20. The van der Waals surface area contributed by atoms with Crippen molar-refractivity contribution in [2.24, 2.45) is 0 Å². The van der Waals surface area contributed by atoms with Gasteiger partial charge in [-0.05, 0) is 40.9 Å². The van der Waals surface area contributed by atoms with Gasteiger partial charge in [-0.15, -0.1) is 0 Å². The van der Waals surface area contributed by atoms with Crippen molar-refractivity contribution < 1.29 is 0 Å². The van der Waals surface area contributed by atoms with Gasteiger partial charge in [0.1, 0.15) is 4.60 Å². The van der Waals surface area contributed by atoms with Gasteiger partial charge in [0.2, 0.25) is 0 Å². The molecule has 2 aromatic heterocycles. The fraction of sp³-hybridized carbons (Fsp3) is 0.500. The van der Waals surface area contributed by atoms with E-state index in [-0.39, 0.29) is 0 Å². The summed E-state index contributed by atoms with van der Waals surface area (Å²) in [6, 6.07) is 4.19. The van der Waals surface area contributed by atoms with Crippen molar-refractivity contribution in [1.82, 2.24) is 14.6 Å². The van der Waals surface area contributed by atoms with E-state index < -0.39 is 0 Å². The SMILES string of the molecule is Brc1cn2nc(C3CCCCC3)ccc2n1. The maximum Gasteiger partial charge on any atom is 0.154 e. The summed E-state index contributed by atoms with van der Waals surface area (Å²) in [5.41, 5.74) is 2.13. The second-order valence-corrected chi connectivity index (χ2v) is 5.27. The molecule has 4 heteroatoms. The Morgan fingerprint density at radius 3 is 2.81 bits per heavy atom. The minimum atomic E-state index is 0.652. The molecule has 1 fully saturated rings. The van der Waals surface area contributed by atoms with Gasteiger partial charge in [0.15, 0.2) is 5.65 Å². The highest BCUT2D eigenvalue weighted by Gasteiger charge is 2.17. The van der Waals surface area contributed by atoms with E-state index >= 15 is 0 Å². The van der Waals surface area contributed by atoms with Gasteiger partial charge >= 0.3 is 0 Å². The van der Waals surface area contributed by atoms with Crippen LogP contribution >= 0.6 is 15.9 Å². The highest BCUT2D eigenvalue weighted by Crippen LogP contribution is 2.31. The van der Waals surface area contributed by atoms with E-state index in [0.29, 0.717) is 5.92 Å². The average molecular weight is 280 g/mol. The first-order valence-electron chi connectivity index (χ1n) is 5.85. The van der Waals surface area contributed by atoms with Crippen LogP contribution in [0.3, 0.4) is 0 Å². The van der Waals surface area contributed by atoms with Crippen molar-refractivity contribution in [3.05, 3.63) is 28.6 Å². The molecule has 0 amide bonds. The summed E-state index contributed by atoms with van der Waals surface area (Å²) in [4.78, 5) is 4.32. The van der Waals surface area contributed by atoms with Crippen LogP contribution in [-0.4, -0.2) is 14.6 Å². The molecule has 2 aromatic rings. The van der Waals surface area contributed by atoms with Crippen molar-refractivity contribution in [3.63, 3.8) is 0 Å². The van der Waals surface area contributed by atoms with Crippen LogP contribution in [0.1, 0.15) is 43.7 Å². The van der Waals surface area contributed by atoms with Crippen LogP contribution in [0.5, 0.6) is 0 Å². The Hall–Kier alpha value is -0.900. The van der Waals surface area contributed by atoms with Crippen LogP contribution in [0.15, 0.2) is 22.9 Å². The summed E-state index contributed by atoms with van der Waals surface area (Å²) in [5, 5.41) is 4.64. The number of aromatic nitrogens is 3. The summed E-state index contributed by atoms with van der Waals surface area (Å²) >= 11 is 3.37. The number of hydrogen-bond acceptors (Lipinski definition) is 2. The molecule has 0 bridgehead atoms. The zero-order valence-electron chi connectivity index (χ0n) is 9.06. The Balaban J connectivity index is 1.97. The normalized spacial score (nSPS) is 18.1. The standard InChI is InChI=1S/C12H14BrN3/c13-11-8-16-12(14-11)7-6-10(15-16)9-4-2-1-3-5-9/h6-9H,1-5H2. The van der Waals surface area contributed by atoms with E-state index in [1.54, 1.807) is 0 Å². The third-order valence-electron chi connectivity index (χ3n) is 3.33. The Morgan fingerprint density at radius 1 is 1.19 bits per heavy atom. The molecule has 0 atom stereocenters. The smallest absolute Gasteiger partial charge is 0.154 e. The molecule has 2 heterocycles. The maximum atomic E-state index is 4.64. The number of halogens is 1. The predicted molar refractivity (Wildman–Crippen MR) is 66.5 cm³/mol. The molecule has 0 saturated heterocycles. The molecule has 3 rings (SSSR count). The molecule has 1 saturated carbocycles. The topological polar surface area (TPSA) is 30.2 Å². The molecular weight excluding hydrogens is 266 g/mol. The molecule has 0 radical (unpaired) electrons. The molecule has 1 aliphatic rings. The largest absolute Gasteiger partial charge is 0.220 e. The van der Waals surface area contributed by atoms with E-state index in [2.05, 4.69) is 38.1 Å². The first kappa shape index (κ1) is 10.3. The summed E-state index contributed by atoms with van der Waals surface area (Å²) in [6.45, 7) is 0. The minimum absolute atomic E-state index is 0.652. The number of hydrogen-bond donors (Lipinski definition) is 0. The molecule has 0 aromatic carbocycles. The molecule has 84 valence electrons. The van der Waals surface area contributed by atoms with Crippen LogP contribution in [-0.2, 0) is 0 Å². The van der Waals surface area contributed by atoms with E-state index in [1.165, 1.54) is 37.8 Å². The molecule has 1 aliphatic carbocycles. The second-order valence-electron chi connectivity index (χ2n) is 4.46. The van der Waals surface area contributed by atoms with Crippen LogP contribution in [0.2, 0.25) is 0 Å². The number of imidazole rings is 1. The van der Waals surface area contributed by atoms with Crippen LogP contribution in [0, 0.1) is 0 Å². The highest BCUT2D eigenvalue weighted by molar-refractivity contribution is 9.10. The summed E-state index contributed by atoms with van der Waals surface area (Å²) in [5.74, 6) is 0.652. The molecule has 0 aliphatic heterocycles. The van der Waals surface area contributed by atoms with Gasteiger partial charge in [0, 0.05) is 5.92 Å². The van der Waals surface area contributed by atoms with E-state index in [9.17, 15) is 0 Å². The monoisotopic (exact) mass is 279 g/mol. The van der Waals surface area contributed by atoms with E-state index in [0.717, 1.165) is 10.3 Å². The molecule has 0 unspecified atom stereocenters. The van der Waals surface area contributed by atoms with Crippen molar-refractivity contribution in [3.8, 4) is 0 Å². The maximum absolute atomic E-state index is 4.64. The van der Waals surface area contributed by atoms with Gasteiger partial charge in [0.25, 0.3) is 0 Å². The Bertz CT molecular complexity index is 500. The van der Waals surface area contributed by atoms with Crippen molar-refractivity contribution >= 4 is 21.6 Å². The number of fused-ring (bicyclic) bond motifs is 1. The van der Waals surface area contributed by atoms with Gasteiger partial charge < -0.3 is 0 Å². The van der Waals surface area contributed by atoms with Crippen molar-refractivity contribution in [1.29, 1.82) is 0 Å². The Kier molecular flexibility index (Phi) is 2.67. The Labute approximate surface area is 103 Å². The molecule has 0 spiro atoms. The first-order valence-corrected chi connectivity index (χ1v) is 6.64. The van der Waals surface area contributed by atoms with Gasteiger partial charge in [-0.25, -0.2) is 9.50 Å². The van der Waals surface area contributed by atoms with E-state index in [4.69, 9.17) is 0 Å². The van der Waals surface area contributed by atoms with Gasteiger partial charge in [0.05, 0.1) is 11.9 Å². The third-order valence-corrected chi connectivity index (χ3v) is 3.72. The van der Waals surface area contributed by atoms with Gasteiger partial charge in [-0.3, -0.25) is 0 Å². The minimum Gasteiger partial charge on any atom is -0.220 e. The van der Waals surface area contributed by atoms with Gasteiger partial charge in [-0.2, -0.15) is 5.10 Å². The predicted octanol–water partition coefficient (Wildman–Crippen LogP) is 3.54. The first-order chi connectivity index (χ1) is 7.83. The quantitative estimate of drug-likeness (QED) is 0.799. The molecule has 16 heavy (non-hydrogen) atoms. The summed E-state index contributed by atoms with van der Waals surface area (Å²) in [6.07, 6.45) is 8.57. The van der Waals surface area contributed by atoms with Crippen molar-refractivity contribution in [2.75, 3.05) is 0 Å². The number of nitrogens with zero attached hydrogens (tertiary/aromatic N) is 3. The van der Waals surface area contributed by atoms with Crippen LogP contribution in [0.25, 0.3) is 5.65 Å². The summed E-state index contributed by atoms with van der Waals surface area (Å²) < 4.78 is 2.72. The molecular formula is C12H14BrN3. The lowest BCUT2D eigenvalue weighted by atomic mass is 9.87. The average Bonchev–Trinajstić information content (AvgIpc) is 2.69. The fourth-order valence-corrected chi connectivity index (χ4v) is 2.86. The fourth-order valence-electron chi connectivity index (χ4n) is 2.48. The number of rotatable bonds is 1. The van der Waals surface area contributed by atoms with E-state index in [1.807, 2.05) is 10.7 Å². The van der Waals surface area contributed by atoms with Crippen molar-refractivity contribution in [2.45, 2.75) is 38.0 Å². The molecule has 3 nitrogen and oxygen atoms in total. The third kappa shape index (κ3) is 1.86. The van der Waals surface area contributed by atoms with Crippen LogP contribution in [0.4, 0.5) is 0 Å². The second kappa shape index (κ2) is 4.17. The highest BCUT2D eigenvalue weighted by atomic mass is 79.9. The Morgan fingerprint density at radius 2 is 2.00 bits per heavy atom. The zero-order chi connectivity index (χ0) is 11.0. The zero-order valence-corrected chi connectivity index (χ0v) is 10.7. The van der Waals surface area contributed by atoms with Gasteiger partial charge in [-0.1, -0.05) is 19.3 Å². The van der Waals surface area contributed by atoms with Crippen LogP contribution < -0.4 is 0 Å². The molecule has 0 N–H and O–H groups in total. The lowest BCUT2D eigenvalue weighted by molar-refractivity contribution is 0.433. The summed E-state index contributed by atoms with van der Waals surface area (Å²) in [7, 11) is 0. The lowest BCUT2D eigenvalue weighted by Crippen LogP contribution is -2.08.